The smallest absolute Gasteiger partial charge is 0.323 e. The summed E-state index contributed by atoms with van der Waals surface area (Å²) in [7, 11) is 0. The molecule has 1 aromatic heterocycles. The second-order valence-corrected chi connectivity index (χ2v) is 5.01. The number of carbonyl (C=O) groups is 2. The van der Waals surface area contributed by atoms with Crippen molar-refractivity contribution in [1.82, 2.24) is 4.98 Å². The maximum absolute atomic E-state index is 10.9. The summed E-state index contributed by atoms with van der Waals surface area (Å²) in [4.78, 5) is 26.3. The molecule has 0 saturated heterocycles. The van der Waals surface area contributed by atoms with Gasteiger partial charge in [-0.1, -0.05) is 17.7 Å². The van der Waals surface area contributed by atoms with Crippen molar-refractivity contribution in [3.05, 3.63) is 41.6 Å². The van der Waals surface area contributed by atoms with Gasteiger partial charge in [0.05, 0.1) is 6.20 Å². The summed E-state index contributed by atoms with van der Waals surface area (Å²) in [6.45, 7) is 3.27. The van der Waals surface area contributed by atoms with E-state index in [0.717, 1.165) is 16.0 Å². The van der Waals surface area contributed by atoms with Crippen molar-refractivity contribution in [1.29, 1.82) is 0 Å². The van der Waals surface area contributed by atoms with E-state index < -0.39 is 12.5 Å². The van der Waals surface area contributed by atoms with Crippen LogP contribution in [0.1, 0.15) is 11.1 Å². The molecule has 2 aromatic rings. The van der Waals surface area contributed by atoms with Gasteiger partial charge in [-0.05, 0) is 25.5 Å². The number of anilines is 1. The Morgan fingerprint density at radius 3 is 2.65 bits per heavy atom. The van der Waals surface area contributed by atoms with Gasteiger partial charge >= 0.3 is 5.97 Å². The van der Waals surface area contributed by atoms with Gasteiger partial charge in [-0.15, -0.1) is 0 Å². The van der Waals surface area contributed by atoms with Crippen molar-refractivity contribution in [3.63, 3.8) is 0 Å². The minimum Gasteiger partial charge on any atom is -0.504 e. The van der Waals surface area contributed by atoms with E-state index in [1.54, 1.807) is 6.07 Å². The number of aromatic hydroxyl groups is 1. The Kier molecular flexibility index (Phi) is 4.80. The fourth-order valence-corrected chi connectivity index (χ4v) is 2.05. The third kappa shape index (κ3) is 3.97. The fraction of sp³-hybridized carbons (Fsp3) is 0.188. The second-order valence-electron chi connectivity index (χ2n) is 5.01. The zero-order chi connectivity index (χ0) is 17.0. The van der Waals surface area contributed by atoms with Crippen LogP contribution in [0.3, 0.4) is 0 Å². The third-order valence-corrected chi connectivity index (χ3v) is 3.09. The summed E-state index contributed by atoms with van der Waals surface area (Å²) in [5.74, 6) is -0.813. The summed E-state index contributed by atoms with van der Waals surface area (Å²) in [5, 5.41) is 18.7. The highest BCUT2D eigenvalue weighted by atomic mass is 16.5. The molecular weight excluding hydrogens is 300 g/mol. The van der Waals surface area contributed by atoms with E-state index in [1.807, 2.05) is 26.0 Å². The molecule has 2 rings (SSSR count). The zero-order valence-corrected chi connectivity index (χ0v) is 12.7. The number of carbonyl (C=O) groups excluding carboxylic acids is 1. The van der Waals surface area contributed by atoms with Crippen LogP contribution in [0.4, 0.5) is 5.82 Å². The third-order valence-electron chi connectivity index (χ3n) is 3.09. The van der Waals surface area contributed by atoms with Crippen LogP contribution in [0, 0.1) is 13.8 Å². The van der Waals surface area contributed by atoms with Crippen molar-refractivity contribution >= 4 is 18.2 Å². The minimum absolute atomic E-state index is 0.143. The Balaban J connectivity index is 2.24. The number of pyridine rings is 1. The molecule has 7 nitrogen and oxygen atoms in total. The Hall–Kier alpha value is -3.09. The van der Waals surface area contributed by atoms with Gasteiger partial charge in [-0.25, -0.2) is 4.98 Å². The number of aryl methyl sites for hydroxylation is 2. The van der Waals surface area contributed by atoms with Gasteiger partial charge in [0.15, 0.2) is 11.6 Å². The minimum atomic E-state index is -1.21. The van der Waals surface area contributed by atoms with Crippen LogP contribution in [0.15, 0.2) is 30.5 Å². The van der Waals surface area contributed by atoms with E-state index in [2.05, 4.69) is 4.98 Å². The van der Waals surface area contributed by atoms with E-state index in [9.17, 15) is 14.7 Å². The van der Waals surface area contributed by atoms with Crippen LogP contribution in [0.25, 0.3) is 0 Å². The van der Waals surface area contributed by atoms with Crippen LogP contribution in [-0.4, -0.2) is 34.1 Å². The second kappa shape index (κ2) is 6.78. The molecular formula is C16H16N2O5. The number of rotatable bonds is 6. The Bertz CT molecular complexity index is 745. The number of ether oxygens (including phenoxy) is 1. The molecule has 2 N–H and O–H groups in total. The van der Waals surface area contributed by atoms with Gasteiger partial charge in [0.25, 0.3) is 0 Å². The molecule has 0 bridgehead atoms. The van der Waals surface area contributed by atoms with Crippen molar-refractivity contribution in [2.75, 3.05) is 11.4 Å². The molecule has 0 spiro atoms. The molecule has 0 atom stereocenters. The average molecular weight is 316 g/mol. The Morgan fingerprint density at radius 2 is 2.09 bits per heavy atom. The number of hydrogen-bond donors (Lipinski definition) is 2. The number of carboxylic acid groups (broad SMARTS) is 1. The number of carboxylic acids is 1. The number of aromatic nitrogens is 1. The molecule has 0 radical (unpaired) electrons. The number of benzene rings is 1. The fourth-order valence-electron chi connectivity index (χ4n) is 2.05. The van der Waals surface area contributed by atoms with E-state index in [4.69, 9.17) is 9.84 Å². The Labute approximate surface area is 132 Å². The van der Waals surface area contributed by atoms with Gasteiger partial charge < -0.3 is 14.9 Å². The average Bonchev–Trinajstić information content (AvgIpc) is 2.48. The first-order chi connectivity index (χ1) is 10.9. The highest BCUT2D eigenvalue weighted by Gasteiger charge is 2.16. The maximum atomic E-state index is 10.9. The van der Waals surface area contributed by atoms with E-state index in [0.29, 0.717) is 12.2 Å². The predicted octanol–water partition coefficient (Wildman–Crippen LogP) is 2.24. The maximum Gasteiger partial charge on any atom is 0.323 e. The molecule has 0 aliphatic rings. The Morgan fingerprint density at radius 1 is 1.35 bits per heavy atom. The number of aliphatic carboxylic acids is 1. The highest BCUT2D eigenvalue weighted by molar-refractivity contribution is 5.85. The molecule has 0 unspecified atom stereocenters. The molecule has 0 saturated carbocycles. The largest absolute Gasteiger partial charge is 0.504 e. The van der Waals surface area contributed by atoms with Gasteiger partial charge in [-0.3, -0.25) is 14.5 Å². The van der Waals surface area contributed by atoms with Gasteiger partial charge in [-0.2, -0.15) is 0 Å². The monoisotopic (exact) mass is 316 g/mol. The standard InChI is InChI=1S/C16H16N2O5/c1-10-3-4-14(11(2)5-10)23-12-6-13(20)16(17-7-12)18(9-19)8-15(21)22/h3-7,9,20H,8H2,1-2H3,(H,21,22). The SMILES string of the molecule is Cc1ccc(Oc2cnc(N(C=O)CC(=O)O)c(O)c2)c(C)c1. The van der Waals surface area contributed by atoms with Crippen LogP contribution in [0.5, 0.6) is 17.2 Å². The van der Waals surface area contributed by atoms with E-state index >= 15 is 0 Å². The molecule has 1 amide bonds. The van der Waals surface area contributed by atoms with Crippen molar-refractivity contribution < 1.29 is 24.5 Å². The van der Waals surface area contributed by atoms with Crippen LogP contribution < -0.4 is 9.64 Å². The molecule has 0 fully saturated rings. The lowest BCUT2D eigenvalue weighted by atomic mass is 10.1. The normalized spacial score (nSPS) is 10.2. The van der Waals surface area contributed by atoms with Crippen molar-refractivity contribution in [3.8, 4) is 17.2 Å². The summed E-state index contributed by atoms with van der Waals surface area (Å²) in [6, 6.07) is 6.93. The van der Waals surface area contributed by atoms with Crippen LogP contribution in [0.2, 0.25) is 0 Å². The molecule has 0 aliphatic carbocycles. The van der Waals surface area contributed by atoms with E-state index in [-0.39, 0.29) is 17.3 Å². The topological polar surface area (TPSA) is 100.0 Å². The lowest BCUT2D eigenvalue weighted by Gasteiger charge is -2.16. The summed E-state index contributed by atoms with van der Waals surface area (Å²) < 4.78 is 5.65. The first kappa shape index (κ1) is 16.3. The highest BCUT2D eigenvalue weighted by Crippen LogP contribution is 2.31. The molecule has 23 heavy (non-hydrogen) atoms. The molecule has 120 valence electrons. The van der Waals surface area contributed by atoms with Gasteiger partial charge in [0, 0.05) is 6.07 Å². The quantitative estimate of drug-likeness (QED) is 0.793. The molecule has 1 heterocycles. The van der Waals surface area contributed by atoms with Crippen LogP contribution >= 0.6 is 0 Å². The molecule has 0 aliphatic heterocycles. The first-order valence-corrected chi connectivity index (χ1v) is 6.78. The van der Waals surface area contributed by atoms with Crippen molar-refractivity contribution in [2.24, 2.45) is 0 Å². The van der Waals surface area contributed by atoms with Gasteiger partial charge in [0.1, 0.15) is 18.0 Å². The summed E-state index contributed by atoms with van der Waals surface area (Å²) >= 11 is 0. The molecule has 7 heteroatoms. The first-order valence-electron chi connectivity index (χ1n) is 6.78. The number of hydrogen-bond acceptors (Lipinski definition) is 5. The zero-order valence-electron chi connectivity index (χ0n) is 12.7. The van der Waals surface area contributed by atoms with E-state index in [1.165, 1.54) is 12.3 Å². The summed E-state index contributed by atoms with van der Waals surface area (Å²) in [5.41, 5.74) is 2.02. The lowest BCUT2D eigenvalue weighted by Crippen LogP contribution is -2.28. The number of amides is 1. The molecule has 1 aromatic carbocycles. The number of nitrogens with zero attached hydrogens (tertiary/aromatic N) is 2. The summed E-state index contributed by atoms with van der Waals surface area (Å²) in [6.07, 6.45) is 1.60. The predicted molar refractivity (Wildman–Crippen MR) is 82.9 cm³/mol. The van der Waals surface area contributed by atoms with Crippen molar-refractivity contribution in [2.45, 2.75) is 13.8 Å². The van der Waals surface area contributed by atoms with Crippen LogP contribution in [-0.2, 0) is 9.59 Å². The van der Waals surface area contributed by atoms with Gasteiger partial charge in [0.2, 0.25) is 6.41 Å². The lowest BCUT2D eigenvalue weighted by molar-refractivity contribution is -0.136.